The van der Waals surface area contributed by atoms with E-state index in [0.29, 0.717) is 18.7 Å². The number of nitrogens with one attached hydrogen (secondary N) is 1. The van der Waals surface area contributed by atoms with Crippen LogP contribution in [-0.4, -0.2) is 29.8 Å². The number of aromatic nitrogens is 2. The summed E-state index contributed by atoms with van der Waals surface area (Å²) in [6.45, 7) is 5.08. The zero-order chi connectivity index (χ0) is 14.5. The number of imidazole rings is 1. The first-order valence-electron chi connectivity index (χ1n) is 6.65. The van der Waals surface area contributed by atoms with Gasteiger partial charge in [-0.15, -0.1) is 0 Å². The van der Waals surface area contributed by atoms with Gasteiger partial charge in [-0.1, -0.05) is 12.1 Å². The van der Waals surface area contributed by atoms with Gasteiger partial charge in [0.25, 0.3) is 0 Å². The SMILES string of the molecule is COCCNc1nccn1C(C)c1ccc(C)c(F)c1. The molecular formula is C15H20FN3O. The predicted molar refractivity (Wildman–Crippen MR) is 77.5 cm³/mol. The molecule has 1 unspecified atom stereocenters. The predicted octanol–water partition coefficient (Wildman–Crippen LogP) is 3.00. The molecule has 1 aromatic heterocycles. The molecule has 108 valence electrons. The van der Waals surface area contributed by atoms with E-state index in [-0.39, 0.29) is 11.9 Å². The number of halogens is 1. The Kier molecular flexibility index (Phi) is 4.74. The number of benzene rings is 1. The Morgan fingerprint density at radius 3 is 2.95 bits per heavy atom. The Balaban J connectivity index is 2.18. The third-order valence-electron chi connectivity index (χ3n) is 3.35. The van der Waals surface area contributed by atoms with Crippen LogP contribution in [0.3, 0.4) is 0 Å². The zero-order valence-corrected chi connectivity index (χ0v) is 12.1. The summed E-state index contributed by atoms with van der Waals surface area (Å²) in [5.41, 5.74) is 1.57. The van der Waals surface area contributed by atoms with Gasteiger partial charge in [0.1, 0.15) is 5.82 Å². The van der Waals surface area contributed by atoms with Crippen LogP contribution in [0.2, 0.25) is 0 Å². The number of aryl methyl sites for hydroxylation is 1. The van der Waals surface area contributed by atoms with Gasteiger partial charge in [0.15, 0.2) is 0 Å². The molecule has 0 fully saturated rings. The van der Waals surface area contributed by atoms with Gasteiger partial charge in [-0.2, -0.15) is 0 Å². The fourth-order valence-corrected chi connectivity index (χ4v) is 2.06. The number of rotatable bonds is 6. The maximum Gasteiger partial charge on any atom is 0.203 e. The van der Waals surface area contributed by atoms with Crippen molar-refractivity contribution in [2.45, 2.75) is 19.9 Å². The lowest BCUT2D eigenvalue weighted by Gasteiger charge is -2.18. The molecule has 0 aliphatic heterocycles. The van der Waals surface area contributed by atoms with Gasteiger partial charge >= 0.3 is 0 Å². The minimum atomic E-state index is -0.177. The molecule has 20 heavy (non-hydrogen) atoms. The van der Waals surface area contributed by atoms with Crippen LogP contribution in [-0.2, 0) is 4.74 Å². The van der Waals surface area contributed by atoms with E-state index < -0.39 is 0 Å². The van der Waals surface area contributed by atoms with Gasteiger partial charge in [0.2, 0.25) is 5.95 Å². The molecule has 0 radical (unpaired) electrons. The first-order chi connectivity index (χ1) is 9.63. The van der Waals surface area contributed by atoms with Crippen LogP contribution in [0.1, 0.15) is 24.1 Å². The highest BCUT2D eigenvalue weighted by molar-refractivity contribution is 5.32. The van der Waals surface area contributed by atoms with Gasteiger partial charge < -0.3 is 14.6 Å². The van der Waals surface area contributed by atoms with E-state index in [1.807, 2.05) is 23.8 Å². The van der Waals surface area contributed by atoms with E-state index in [0.717, 1.165) is 11.5 Å². The molecule has 0 aliphatic rings. The topological polar surface area (TPSA) is 39.1 Å². The van der Waals surface area contributed by atoms with E-state index in [2.05, 4.69) is 10.3 Å². The number of ether oxygens (including phenoxy) is 1. The van der Waals surface area contributed by atoms with E-state index in [1.165, 1.54) is 0 Å². The van der Waals surface area contributed by atoms with Crippen molar-refractivity contribution >= 4 is 5.95 Å². The van der Waals surface area contributed by atoms with Crippen LogP contribution < -0.4 is 5.32 Å². The van der Waals surface area contributed by atoms with Gasteiger partial charge in [-0.05, 0) is 31.0 Å². The maximum absolute atomic E-state index is 13.7. The minimum Gasteiger partial charge on any atom is -0.383 e. The number of methoxy groups -OCH3 is 1. The lowest BCUT2D eigenvalue weighted by molar-refractivity contribution is 0.210. The van der Waals surface area contributed by atoms with E-state index >= 15 is 0 Å². The normalized spacial score (nSPS) is 12.4. The fraction of sp³-hybridized carbons (Fsp3) is 0.400. The molecule has 1 heterocycles. The number of hydrogen-bond donors (Lipinski definition) is 1. The largest absolute Gasteiger partial charge is 0.383 e. The Labute approximate surface area is 118 Å². The Morgan fingerprint density at radius 2 is 2.25 bits per heavy atom. The molecule has 1 N–H and O–H groups in total. The van der Waals surface area contributed by atoms with Crippen molar-refractivity contribution in [3.05, 3.63) is 47.5 Å². The molecule has 0 saturated heterocycles. The number of nitrogens with zero attached hydrogens (tertiary/aromatic N) is 2. The molecule has 4 nitrogen and oxygen atoms in total. The molecule has 2 aromatic rings. The quantitative estimate of drug-likeness (QED) is 0.825. The number of anilines is 1. The first-order valence-corrected chi connectivity index (χ1v) is 6.65. The summed E-state index contributed by atoms with van der Waals surface area (Å²) in [6, 6.07) is 5.34. The van der Waals surface area contributed by atoms with E-state index in [4.69, 9.17) is 4.74 Å². The summed E-state index contributed by atoms with van der Waals surface area (Å²) in [5, 5.41) is 3.20. The van der Waals surface area contributed by atoms with Crippen molar-refractivity contribution in [2.24, 2.45) is 0 Å². The lowest BCUT2D eigenvalue weighted by Crippen LogP contribution is -2.15. The van der Waals surface area contributed by atoms with Crippen LogP contribution in [0.5, 0.6) is 0 Å². The van der Waals surface area contributed by atoms with Gasteiger partial charge in [0, 0.05) is 26.0 Å². The monoisotopic (exact) mass is 277 g/mol. The molecule has 0 spiro atoms. The summed E-state index contributed by atoms with van der Waals surface area (Å²) >= 11 is 0. The Bertz CT molecular complexity index is 568. The molecule has 1 aromatic carbocycles. The van der Waals surface area contributed by atoms with Crippen molar-refractivity contribution in [2.75, 3.05) is 25.6 Å². The third-order valence-corrected chi connectivity index (χ3v) is 3.35. The maximum atomic E-state index is 13.7. The highest BCUT2D eigenvalue weighted by Crippen LogP contribution is 2.23. The van der Waals surface area contributed by atoms with Crippen LogP contribution in [0, 0.1) is 12.7 Å². The molecule has 0 saturated carbocycles. The van der Waals surface area contributed by atoms with Crippen molar-refractivity contribution < 1.29 is 9.13 Å². The van der Waals surface area contributed by atoms with Crippen molar-refractivity contribution in [3.8, 4) is 0 Å². The number of hydrogen-bond acceptors (Lipinski definition) is 3. The molecule has 5 heteroatoms. The van der Waals surface area contributed by atoms with E-state index in [9.17, 15) is 4.39 Å². The fourth-order valence-electron chi connectivity index (χ4n) is 2.06. The Hall–Kier alpha value is -1.88. The average Bonchev–Trinajstić information content (AvgIpc) is 2.90. The second kappa shape index (κ2) is 6.52. The molecule has 0 amide bonds. The molecule has 2 rings (SSSR count). The van der Waals surface area contributed by atoms with E-state index in [1.54, 1.807) is 32.4 Å². The second-order valence-corrected chi connectivity index (χ2v) is 4.76. The summed E-state index contributed by atoms with van der Waals surface area (Å²) in [4.78, 5) is 4.28. The molecule has 0 aliphatic carbocycles. The highest BCUT2D eigenvalue weighted by atomic mass is 19.1. The minimum absolute atomic E-state index is 0.0117. The van der Waals surface area contributed by atoms with Crippen molar-refractivity contribution in [3.63, 3.8) is 0 Å². The Morgan fingerprint density at radius 1 is 1.45 bits per heavy atom. The summed E-state index contributed by atoms with van der Waals surface area (Å²) in [6.07, 6.45) is 3.62. The molecule has 0 bridgehead atoms. The second-order valence-electron chi connectivity index (χ2n) is 4.76. The average molecular weight is 277 g/mol. The van der Waals surface area contributed by atoms with Crippen molar-refractivity contribution in [1.82, 2.24) is 9.55 Å². The van der Waals surface area contributed by atoms with Gasteiger partial charge in [0.05, 0.1) is 12.6 Å². The summed E-state index contributed by atoms with van der Waals surface area (Å²) in [5.74, 6) is 0.582. The first kappa shape index (κ1) is 14.5. The highest BCUT2D eigenvalue weighted by Gasteiger charge is 2.13. The third kappa shape index (κ3) is 3.17. The van der Waals surface area contributed by atoms with Crippen LogP contribution >= 0.6 is 0 Å². The van der Waals surface area contributed by atoms with Crippen LogP contribution in [0.15, 0.2) is 30.6 Å². The zero-order valence-electron chi connectivity index (χ0n) is 12.1. The standard InChI is InChI=1S/C15H20FN3O/c1-11-4-5-13(10-14(11)16)12(2)19-8-6-17-15(19)18-7-9-20-3/h4-6,8,10,12H,7,9H2,1-3H3,(H,17,18). The van der Waals surface area contributed by atoms with Gasteiger partial charge in [-0.3, -0.25) is 0 Å². The van der Waals surface area contributed by atoms with Crippen LogP contribution in [0.4, 0.5) is 10.3 Å². The molecule has 1 atom stereocenters. The van der Waals surface area contributed by atoms with Crippen LogP contribution in [0.25, 0.3) is 0 Å². The molecular weight excluding hydrogens is 257 g/mol. The van der Waals surface area contributed by atoms with Crippen molar-refractivity contribution in [1.29, 1.82) is 0 Å². The lowest BCUT2D eigenvalue weighted by atomic mass is 10.1. The summed E-state index contributed by atoms with van der Waals surface area (Å²) in [7, 11) is 1.66. The van der Waals surface area contributed by atoms with Gasteiger partial charge in [-0.25, -0.2) is 9.37 Å². The summed E-state index contributed by atoms with van der Waals surface area (Å²) < 4.78 is 20.7. The smallest absolute Gasteiger partial charge is 0.203 e.